The first-order valence-electron chi connectivity index (χ1n) is 4.31. The summed E-state index contributed by atoms with van der Waals surface area (Å²) in [4.78, 5) is 0. The Balaban J connectivity index is 0.000000605. The van der Waals surface area contributed by atoms with Crippen molar-refractivity contribution in [3.05, 3.63) is 11.1 Å². The summed E-state index contributed by atoms with van der Waals surface area (Å²) in [7, 11) is 0. The Labute approximate surface area is 107 Å². The Bertz CT molecular complexity index is 206. The Morgan fingerprint density at radius 1 is 1.33 bits per heavy atom. The van der Waals surface area contributed by atoms with E-state index in [0.717, 1.165) is 5.92 Å². The molecule has 0 heterocycles. The molecule has 12 heavy (non-hydrogen) atoms. The van der Waals surface area contributed by atoms with Gasteiger partial charge in [0.25, 0.3) is 0 Å². The van der Waals surface area contributed by atoms with E-state index in [2.05, 4.69) is 20.8 Å². The van der Waals surface area contributed by atoms with Gasteiger partial charge in [-0.05, 0) is 37.5 Å². The maximum Gasteiger partial charge on any atom is 0 e. The molecule has 0 amide bonds. The van der Waals surface area contributed by atoms with Gasteiger partial charge in [-0.15, -0.1) is 0 Å². The molecule has 0 aromatic heterocycles. The average Bonchev–Trinajstić information content (AvgIpc) is 1.87. The average molecular weight is 321 g/mol. The molecule has 1 unspecified atom stereocenters. The van der Waals surface area contributed by atoms with E-state index < -0.39 is 0 Å². The van der Waals surface area contributed by atoms with Gasteiger partial charge < -0.3 is 0 Å². The molecule has 0 saturated heterocycles. The normalized spacial score (nSPS) is 29.8. The van der Waals surface area contributed by atoms with Crippen LogP contribution in [0.5, 0.6) is 0 Å². The Hall–Kier alpha value is 1.25. The molecule has 6 radical (unpaired) electrons. The molecule has 1 atom stereocenters. The molecule has 2 bridgehead atoms. The van der Waals surface area contributed by atoms with Crippen LogP contribution in [0.1, 0.15) is 40.0 Å². The van der Waals surface area contributed by atoms with Crippen molar-refractivity contribution < 1.29 is 0 Å². The molecule has 1 fully saturated rings. The third-order valence-corrected chi connectivity index (χ3v) is 3.63. The van der Waals surface area contributed by atoms with Gasteiger partial charge in [0.2, 0.25) is 0 Å². The van der Waals surface area contributed by atoms with Crippen molar-refractivity contribution in [1.29, 1.82) is 0 Å². The van der Waals surface area contributed by atoms with Crippen LogP contribution in [-0.4, -0.2) is 45.6 Å². The molecule has 2 heteroatoms. The first-order chi connectivity index (χ1) is 4.62. The minimum absolute atomic E-state index is 0. The summed E-state index contributed by atoms with van der Waals surface area (Å²) in [5, 5.41) is 0. The van der Waals surface area contributed by atoms with Gasteiger partial charge in [-0.3, -0.25) is 0 Å². The predicted octanol–water partition coefficient (Wildman–Crippen LogP) is 2.38. The summed E-state index contributed by atoms with van der Waals surface area (Å²) in [5.74, 6) is 1.02. The fraction of sp³-hybridized carbons (Fsp3) is 0.800. The smallest absolute Gasteiger partial charge is 0 e. The SMILES string of the molecule is CC1=C2CC(CC1)C2(C)C.[Ga].[In]. The van der Waals surface area contributed by atoms with Crippen molar-refractivity contribution in [2.24, 2.45) is 11.3 Å². The Kier molecular flexibility index (Phi) is 4.62. The molecule has 0 aromatic rings. The molecule has 0 aromatic carbocycles. The molecule has 62 valence electrons. The van der Waals surface area contributed by atoms with Crippen molar-refractivity contribution in [2.45, 2.75) is 40.0 Å². The van der Waals surface area contributed by atoms with Crippen molar-refractivity contribution in [3.63, 3.8) is 0 Å². The van der Waals surface area contributed by atoms with Crippen LogP contribution in [0.2, 0.25) is 0 Å². The fourth-order valence-corrected chi connectivity index (χ4v) is 2.61. The first kappa shape index (κ1) is 13.2. The van der Waals surface area contributed by atoms with Gasteiger partial charge in [0.15, 0.2) is 0 Å². The molecule has 0 N–H and O–H groups in total. The monoisotopic (exact) mass is 320 g/mol. The zero-order chi connectivity index (χ0) is 7.35. The van der Waals surface area contributed by atoms with Crippen molar-refractivity contribution in [3.8, 4) is 0 Å². The van der Waals surface area contributed by atoms with Crippen LogP contribution in [0.15, 0.2) is 11.1 Å². The van der Waals surface area contributed by atoms with Crippen LogP contribution < -0.4 is 0 Å². The van der Waals surface area contributed by atoms with Gasteiger partial charge in [-0.2, -0.15) is 0 Å². The van der Waals surface area contributed by atoms with Crippen LogP contribution in [0.4, 0.5) is 0 Å². The van der Waals surface area contributed by atoms with Crippen LogP contribution in [-0.2, 0) is 0 Å². The second kappa shape index (κ2) is 4.18. The van der Waals surface area contributed by atoms with E-state index in [0.29, 0.717) is 5.41 Å². The van der Waals surface area contributed by atoms with E-state index in [4.69, 9.17) is 0 Å². The second-order valence-electron chi connectivity index (χ2n) is 4.42. The van der Waals surface area contributed by atoms with E-state index in [-0.39, 0.29) is 45.6 Å². The zero-order valence-corrected chi connectivity index (χ0v) is 14.1. The molecule has 3 aliphatic carbocycles. The number of hydrogen-bond acceptors (Lipinski definition) is 0. The van der Waals surface area contributed by atoms with E-state index in [1.54, 1.807) is 11.1 Å². The quantitative estimate of drug-likeness (QED) is 0.475. The number of allylic oxidation sites excluding steroid dienone is 2. The van der Waals surface area contributed by atoms with Crippen LogP contribution in [0.25, 0.3) is 0 Å². The van der Waals surface area contributed by atoms with E-state index in [1.807, 2.05) is 0 Å². The van der Waals surface area contributed by atoms with Crippen molar-refractivity contribution >= 4 is 45.6 Å². The maximum atomic E-state index is 2.40. The molecular formula is C10H16GaIn. The van der Waals surface area contributed by atoms with Crippen molar-refractivity contribution in [2.75, 3.05) is 0 Å². The third-order valence-electron chi connectivity index (χ3n) is 3.63. The van der Waals surface area contributed by atoms with Crippen LogP contribution in [0.3, 0.4) is 0 Å². The minimum atomic E-state index is 0. The van der Waals surface area contributed by atoms with Gasteiger partial charge in [-0.25, -0.2) is 0 Å². The van der Waals surface area contributed by atoms with Gasteiger partial charge in [0.05, 0.1) is 0 Å². The molecule has 3 aliphatic rings. The predicted molar refractivity (Wildman–Crippen MR) is 55.3 cm³/mol. The van der Waals surface area contributed by atoms with Crippen molar-refractivity contribution in [1.82, 2.24) is 0 Å². The number of rotatable bonds is 0. The molecular weight excluding hydrogens is 305 g/mol. The summed E-state index contributed by atoms with van der Waals surface area (Å²) < 4.78 is 0. The molecule has 0 aliphatic heterocycles. The largest absolute Gasteiger partial charge is 0.0735 e. The molecule has 3 rings (SSSR count). The van der Waals surface area contributed by atoms with Crippen LogP contribution in [0, 0.1) is 11.3 Å². The summed E-state index contributed by atoms with van der Waals surface area (Å²) in [6.45, 7) is 7.12. The Morgan fingerprint density at radius 3 is 2.17 bits per heavy atom. The van der Waals surface area contributed by atoms with Gasteiger partial charge in [-0.1, -0.05) is 25.0 Å². The second-order valence-corrected chi connectivity index (χ2v) is 4.42. The summed E-state index contributed by atoms with van der Waals surface area (Å²) >= 11 is 0. The van der Waals surface area contributed by atoms with Gasteiger partial charge >= 0.3 is 0 Å². The number of fused-ring (bicyclic) bond motifs is 2. The maximum absolute atomic E-state index is 2.40. The molecule has 0 nitrogen and oxygen atoms in total. The fourth-order valence-electron chi connectivity index (χ4n) is 2.61. The van der Waals surface area contributed by atoms with Gasteiger partial charge in [0.1, 0.15) is 0 Å². The minimum Gasteiger partial charge on any atom is -0.0735 e. The van der Waals surface area contributed by atoms with E-state index >= 15 is 0 Å². The topological polar surface area (TPSA) is 0 Å². The molecule has 1 saturated carbocycles. The van der Waals surface area contributed by atoms with Gasteiger partial charge in [0, 0.05) is 45.6 Å². The number of hydrogen-bond donors (Lipinski definition) is 0. The summed E-state index contributed by atoms with van der Waals surface area (Å²) in [6.07, 6.45) is 4.24. The van der Waals surface area contributed by atoms with Crippen LogP contribution >= 0.6 is 0 Å². The standard InChI is InChI=1S/C10H16.Ga.In/c1-7-4-5-8-6-9(7)10(8,2)3;;/h8H,4-6H2,1-3H3;;. The first-order valence-corrected chi connectivity index (χ1v) is 4.31. The van der Waals surface area contributed by atoms with E-state index in [9.17, 15) is 0 Å². The molecule has 0 spiro atoms. The zero-order valence-electron chi connectivity index (χ0n) is 8.35. The Morgan fingerprint density at radius 2 is 1.92 bits per heavy atom. The third kappa shape index (κ3) is 1.71. The van der Waals surface area contributed by atoms with E-state index in [1.165, 1.54) is 19.3 Å². The summed E-state index contributed by atoms with van der Waals surface area (Å²) in [6, 6.07) is 0. The summed E-state index contributed by atoms with van der Waals surface area (Å²) in [5.41, 5.74) is 4.04.